The molecule has 0 aliphatic carbocycles. The number of aromatic amines is 2. The summed E-state index contributed by atoms with van der Waals surface area (Å²) in [4.78, 5) is 48.6. The minimum absolute atomic E-state index is 0.132. The average Bonchev–Trinajstić information content (AvgIpc) is 3.24. The highest BCUT2D eigenvalue weighted by atomic mass is 32.1. The summed E-state index contributed by atoms with van der Waals surface area (Å²) in [6.07, 6.45) is 0.561. The van der Waals surface area contributed by atoms with E-state index in [-0.39, 0.29) is 18.0 Å². The molecule has 0 fully saturated rings. The molecule has 0 saturated carbocycles. The van der Waals surface area contributed by atoms with E-state index in [1.54, 1.807) is 25.4 Å². The Morgan fingerprint density at radius 1 is 1.33 bits per heavy atom. The summed E-state index contributed by atoms with van der Waals surface area (Å²) in [5.74, 6) is -0.378. The molecule has 8 nitrogen and oxygen atoms in total. The van der Waals surface area contributed by atoms with E-state index in [4.69, 9.17) is 4.74 Å². The molecule has 0 aliphatic rings. The number of H-pyrrole nitrogens is 2. The lowest BCUT2D eigenvalue weighted by Crippen LogP contribution is -2.29. The molecule has 0 atom stereocenters. The van der Waals surface area contributed by atoms with E-state index in [0.29, 0.717) is 45.0 Å². The van der Waals surface area contributed by atoms with Gasteiger partial charge >= 0.3 is 5.97 Å². The Balaban J connectivity index is 1.90. The van der Waals surface area contributed by atoms with Crippen LogP contribution in [-0.4, -0.2) is 45.9 Å². The number of thiophene rings is 1. The van der Waals surface area contributed by atoms with E-state index in [9.17, 15) is 14.4 Å². The fraction of sp³-hybridized carbons (Fsp3) is 0.333. The van der Waals surface area contributed by atoms with Gasteiger partial charge in [-0.25, -0.2) is 9.78 Å². The summed E-state index contributed by atoms with van der Waals surface area (Å²) in [6, 6.07) is 1.77. The van der Waals surface area contributed by atoms with Crippen LogP contribution in [-0.2, 0) is 17.7 Å². The van der Waals surface area contributed by atoms with Gasteiger partial charge < -0.3 is 19.6 Å². The van der Waals surface area contributed by atoms with Gasteiger partial charge in [-0.1, -0.05) is 6.92 Å². The van der Waals surface area contributed by atoms with E-state index in [1.807, 2.05) is 6.92 Å². The van der Waals surface area contributed by atoms with Crippen LogP contribution in [0.3, 0.4) is 0 Å². The predicted molar refractivity (Wildman–Crippen MR) is 102 cm³/mol. The number of esters is 1. The highest BCUT2D eigenvalue weighted by Gasteiger charge is 2.25. The summed E-state index contributed by atoms with van der Waals surface area (Å²) in [5.41, 5.74) is 2.31. The number of aryl methyl sites for hydroxylation is 1. The first-order valence-electron chi connectivity index (χ1n) is 8.39. The quantitative estimate of drug-likeness (QED) is 0.652. The Bertz CT molecular complexity index is 1080. The predicted octanol–water partition coefficient (Wildman–Crippen LogP) is 2.24. The zero-order chi connectivity index (χ0) is 19.7. The van der Waals surface area contributed by atoms with Crippen LogP contribution in [0.1, 0.15) is 44.9 Å². The second kappa shape index (κ2) is 7.36. The van der Waals surface area contributed by atoms with Crippen molar-refractivity contribution in [1.82, 2.24) is 19.9 Å². The van der Waals surface area contributed by atoms with Crippen molar-refractivity contribution in [3.05, 3.63) is 50.1 Å². The molecule has 0 bridgehead atoms. The molecule has 3 heterocycles. The Kier molecular flexibility index (Phi) is 5.13. The molecule has 27 heavy (non-hydrogen) atoms. The molecule has 3 aromatic rings. The molecule has 2 N–H and O–H groups in total. The maximum Gasteiger partial charge on any atom is 0.339 e. The van der Waals surface area contributed by atoms with Crippen molar-refractivity contribution >= 4 is 33.4 Å². The number of nitrogens with one attached hydrogen (secondary N) is 2. The molecule has 0 aromatic carbocycles. The smallest absolute Gasteiger partial charge is 0.339 e. The van der Waals surface area contributed by atoms with Crippen LogP contribution in [0.2, 0.25) is 0 Å². The van der Waals surface area contributed by atoms with Crippen molar-refractivity contribution in [2.75, 3.05) is 14.2 Å². The normalized spacial score (nSPS) is 11.0. The Morgan fingerprint density at radius 2 is 2.07 bits per heavy atom. The van der Waals surface area contributed by atoms with Gasteiger partial charge in [0.2, 0.25) is 0 Å². The highest BCUT2D eigenvalue weighted by molar-refractivity contribution is 7.17. The van der Waals surface area contributed by atoms with Gasteiger partial charge in [-0.3, -0.25) is 9.59 Å². The number of methoxy groups -OCH3 is 1. The highest BCUT2D eigenvalue weighted by Crippen LogP contribution is 2.22. The van der Waals surface area contributed by atoms with Gasteiger partial charge in [0, 0.05) is 12.7 Å². The van der Waals surface area contributed by atoms with E-state index in [1.165, 1.54) is 23.3 Å². The van der Waals surface area contributed by atoms with Crippen LogP contribution < -0.4 is 5.56 Å². The van der Waals surface area contributed by atoms with Crippen LogP contribution in [0.4, 0.5) is 0 Å². The molecule has 0 saturated heterocycles. The van der Waals surface area contributed by atoms with Crippen LogP contribution in [0.5, 0.6) is 0 Å². The molecule has 142 valence electrons. The fourth-order valence-corrected chi connectivity index (χ4v) is 3.73. The van der Waals surface area contributed by atoms with Crippen LogP contribution in [0, 0.1) is 6.92 Å². The topological polar surface area (TPSA) is 108 Å². The number of nitrogens with zero attached hydrogens (tertiary/aromatic N) is 2. The number of aromatic nitrogens is 3. The molecule has 3 aromatic heterocycles. The second-order valence-corrected chi connectivity index (χ2v) is 7.05. The SMILES string of the molecule is CCc1[nH]c(C(=O)N(C)Cc2nc3ccsc3c(=O)[nH]2)c(C)c1C(=O)OC. The monoisotopic (exact) mass is 388 g/mol. The maximum absolute atomic E-state index is 12.9. The summed E-state index contributed by atoms with van der Waals surface area (Å²) in [7, 11) is 2.92. The van der Waals surface area contributed by atoms with Gasteiger partial charge in [-0.05, 0) is 30.4 Å². The second-order valence-electron chi connectivity index (χ2n) is 6.13. The average molecular weight is 388 g/mol. The van der Waals surface area contributed by atoms with E-state index in [0.717, 1.165) is 0 Å². The van der Waals surface area contributed by atoms with Gasteiger partial charge in [-0.2, -0.15) is 0 Å². The summed E-state index contributed by atoms with van der Waals surface area (Å²) in [5, 5.41) is 1.80. The molecule has 0 aliphatic heterocycles. The minimum atomic E-state index is -0.476. The van der Waals surface area contributed by atoms with Crippen molar-refractivity contribution in [2.45, 2.75) is 26.8 Å². The Morgan fingerprint density at radius 3 is 2.74 bits per heavy atom. The summed E-state index contributed by atoms with van der Waals surface area (Å²) in [6.45, 7) is 3.73. The molecular weight excluding hydrogens is 368 g/mol. The zero-order valence-electron chi connectivity index (χ0n) is 15.5. The first-order chi connectivity index (χ1) is 12.9. The van der Waals surface area contributed by atoms with Crippen molar-refractivity contribution in [3.63, 3.8) is 0 Å². The van der Waals surface area contributed by atoms with Crippen molar-refractivity contribution in [2.24, 2.45) is 0 Å². The van der Waals surface area contributed by atoms with E-state index in [2.05, 4.69) is 15.0 Å². The molecule has 0 spiro atoms. The van der Waals surface area contributed by atoms with E-state index >= 15 is 0 Å². The molecule has 1 amide bonds. The number of ether oxygens (including phenoxy) is 1. The lowest BCUT2D eigenvalue weighted by atomic mass is 10.1. The molecule has 9 heteroatoms. The van der Waals surface area contributed by atoms with Crippen molar-refractivity contribution in [1.29, 1.82) is 0 Å². The number of hydrogen-bond donors (Lipinski definition) is 2. The van der Waals surface area contributed by atoms with Crippen LogP contribution >= 0.6 is 11.3 Å². The first-order valence-corrected chi connectivity index (χ1v) is 9.26. The molecule has 0 unspecified atom stereocenters. The molecular formula is C18H20N4O4S. The first kappa shape index (κ1) is 18.8. The van der Waals surface area contributed by atoms with Crippen LogP contribution in [0.15, 0.2) is 16.2 Å². The third-order valence-electron chi connectivity index (χ3n) is 4.38. The fourth-order valence-electron chi connectivity index (χ4n) is 3.00. The van der Waals surface area contributed by atoms with Gasteiger partial charge in [0.05, 0.1) is 24.7 Å². The zero-order valence-corrected chi connectivity index (χ0v) is 16.3. The lowest BCUT2D eigenvalue weighted by molar-refractivity contribution is 0.0599. The summed E-state index contributed by atoms with van der Waals surface area (Å²) >= 11 is 1.32. The van der Waals surface area contributed by atoms with Crippen LogP contribution in [0.25, 0.3) is 10.2 Å². The Labute approximate surface area is 159 Å². The summed E-state index contributed by atoms with van der Waals surface area (Å²) < 4.78 is 5.38. The minimum Gasteiger partial charge on any atom is -0.465 e. The third kappa shape index (κ3) is 3.37. The maximum atomic E-state index is 12.9. The van der Waals surface area contributed by atoms with Crippen molar-refractivity contribution in [3.8, 4) is 0 Å². The number of hydrogen-bond acceptors (Lipinski definition) is 6. The number of amides is 1. The van der Waals surface area contributed by atoms with Crippen molar-refractivity contribution < 1.29 is 14.3 Å². The van der Waals surface area contributed by atoms with Gasteiger partial charge in [-0.15, -0.1) is 11.3 Å². The van der Waals surface area contributed by atoms with Gasteiger partial charge in [0.1, 0.15) is 16.2 Å². The molecule has 0 radical (unpaired) electrons. The lowest BCUT2D eigenvalue weighted by Gasteiger charge is -2.16. The van der Waals surface area contributed by atoms with Gasteiger partial charge in [0.25, 0.3) is 11.5 Å². The van der Waals surface area contributed by atoms with E-state index < -0.39 is 5.97 Å². The third-order valence-corrected chi connectivity index (χ3v) is 5.28. The number of carbonyl (C=O) groups excluding carboxylic acids is 2. The number of rotatable bonds is 5. The molecule has 3 rings (SSSR count). The largest absolute Gasteiger partial charge is 0.465 e. The number of fused-ring (bicyclic) bond motifs is 1. The standard InChI is InChI=1S/C18H20N4O4S/c1-5-10-13(18(25)26-4)9(2)14(20-10)17(24)22(3)8-12-19-11-6-7-27-15(11)16(23)21-12/h6-7,20H,5,8H2,1-4H3,(H,19,21,23). The Hall–Kier alpha value is -2.94. The van der Waals surface area contributed by atoms with Gasteiger partial charge in [0.15, 0.2) is 0 Å². The number of carbonyl (C=O) groups is 2.